The van der Waals surface area contributed by atoms with E-state index >= 15 is 0 Å². The quantitative estimate of drug-likeness (QED) is 0.365. The summed E-state index contributed by atoms with van der Waals surface area (Å²) >= 11 is 6.27. The molecule has 170 valence electrons. The number of hydrogen-bond donors (Lipinski definition) is 1. The fourth-order valence-corrected chi connectivity index (χ4v) is 4.01. The van der Waals surface area contributed by atoms with Crippen LogP contribution in [-0.2, 0) is 20.7 Å². The van der Waals surface area contributed by atoms with Gasteiger partial charge in [-0.05, 0) is 23.6 Å². The van der Waals surface area contributed by atoms with Gasteiger partial charge < -0.3 is 24.2 Å². The van der Waals surface area contributed by atoms with Gasteiger partial charge in [-0.25, -0.2) is 0 Å². The number of rotatable bonds is 8. The average Bonchev–Trinajstić information content (AvgIpc) is 3.06. The van der Waals surface area contributed by atoms with E-state index in [1.54, 1.807) is 0 Å². The van der Waals surface area contributed by atoms with Crippen molar-refractivity contribution in [1.29, 1.82) is 0 Å². The second-order valence-electron chi connectivity index (χ2n) is 7.27. The highest BCUT2D eigenvalue weighted by atomic mass is 35.5. The molecular formula is C24H26ClNO6. The van der Waals surface area contributed by atoms with Crippen LogP contribution >= 0.6 is 11.6 Å². The molecule has 32 heavy (non-hydrogen) atoms. The zero-order valence-corrected chi connectivity index (χ0v) is 19.2. The molecule has 1 amide bonds. The lowest BCUT2D eigenvalue weighted by atomic mass is 9.94. The zero-order chi connectivity index (χ0) is 23.4. The van der Waals surface area contributed by atoms with Gasteiger partial charge >= 0.3 is 0 Å². The van der Waals surface area contributed by atoms with Crippen LogP contribution < -0.4 is 9.47 Å². The molecule has 1 heterocycles. The number of ether oxygens (including phenoxy) is 3. The van der Waals surface area contributed by atoms with Gasteiger partial charge in [-0.15, -0.1) is 0 Å². The molecule has 0 saturated carbocycles. The first-order chi connectivity index (χ1) is 15.4. The van der Waals surface area contributed by atoms with E-state index in [1.807, 2.05) is 31.2 Å². The number of Topliss-reactive ketones (excluding diaryl/α,β-unsaturated/α-hetero) is 1. The van der Waals surface area contributed by atoms with Crippen molar-refractivity contribution in [2.24, 2.45) is 0 Å². The minimum Gasteiger partial charge on any atom is -0.507 e. The van der Waals surface area contributed by atoms with Gasteiger partial charge in [0.25, 0.3) is 11.7 Å². The number of aliphatic hydroxyl groups is 1. The highest BCUT2D eigenvalue weighted by Crippen LogP contribution is 2.42. The van der Waals surface area contributed by atoms with Crippen molar-refractivity contribution in [3.63, 3.8) is 0 Å². The van der Waals surface area contributed by atoms with Crippen molar-refractivity contribution in [3.05, 3.63) is 63.7 Å². The number of aryl methyl sites for hydroxylation is 1. The van der Waals surface area contributed by atoms with Crippen LogP contribution in [0, 0.1) is 0 Å². The summed E-state index contributed by atoms with van der Waals surface area (Å²) < 4.78 is 15.7. The highest BCUT2D eigenvalue weighted by molar-refractivity contribution is 6.46. The lowest BCUT2D eigenvalue weighted by Crippen LogP contribution is -2.32. The van der Waals surface area contributed by atoms with Gasteiger partial charge in [-0.2, -0.15) is 0 Å². The van der Waals surface area contributed by atoms with Crippen LogP contribution in [-0.4, -0.2) is 56.2 Å². The normalized spacial score (nSPS) is 17.7. The molecule has 1 fully saturated rings. The Bertz CT molecular complexity index is 1050. The van der Waals surface area contributed by atoms with Gasteiger partial charge in [-0.1, -0.05) is 42.8 Å². The Hall–Kier alpha value is -3.03. The van der Waals surface area contributed by atoms with Crippen LogP contribution in [0.25, 0.3) is 5.76 Å². The Kier molecular flexibility index (Phi) is 7.43. The van der Waals surface area contributed by atoms with E-state index < -0.39 is 17.7 Å². The first kappa shape index (κ1) is 23.6. The van der Waals surface area contributed by atoms with E-state index in [2.05, 4.69) is 0 Å². The summed E-state index contributed by atoms with van der Waals surface area (Å²) in [5, 5.41) is 11.5. The predicted molar refractivity (Wildman–Crippen MR) is 121 cm³/mol. The van der Waals surface area contributed by atoms with E-state index in [0.29, 0.717) is 11.3 Å². The van der Waals surface area contributed by atoms with E-state index in [0.717, 1.165) is 12.0 Å². The molecule has 2 aromatic carbocycles. The van der Waals surface area contributed by atoms with Gasteiger partial charge in [0.15, 0.2) is 0 Å². The third-order valence-electron chi connectivity index (χ3n) is 5.51. The molecule has 1 atom stereocenters. The van der Waals surface area contributed by atoms with Crippen molar-refractivity contribution >= 4 is 29.1 Å². The first-order valence-corrected chi connectivity index (χ1v) is 10.5. The van der Waals surface area contributed by atoms with Crippen molar-refractivity contribution in [2.75, 3.05) is 34.5 Å². The fourth-order valence-electron chi connectivity index (χ4n) is 3.77. The van der Waals surface area contributed by atoms with Crippen LogP contribution in [0.4, 0.5) is 0 Å². The Morgan fingerprint density at radius 3 is 2.28 bits per heavy atom. The van der Waals surface area contributed by atoms with Gasteiger partial charge in [0.1, 0.15) is 17.3 Å². The Morgan fingerprint density at radius 2 is 1.72 bits per heavy atom. The summed E-state index contributed by atoms with van der Waals surface area (Å²) in [7, 11) is 4.41. The first-order valence-electron chi connectivity index (χ1n) is 10.2. The molecule has 8 heteroatoms. The molecule has 0 spiro atoms. The maximum absolute atomic E-state index is 13.1. The molecule has 3 rings (SSSR count). The summed E-state index contributed by atoms with van der Waals surface area (Å²) in [5.41, 5.74) is 1.98. The molecule has 1 aliphatic rings. The topological polar surface area (TPSA) is 85.3 Å². The number of nitrogens with zero attached hydrogens (tertiary/aromatic N) is 1. The number of likely N-dealkylation sites (tertiary alicyclic amines) is 1. The number of amides is 1. The predicted octanol–water partition coefficient (Wildman–Crippen LogP) is 3.99. The van der Waals surface area contributed by atoms with E-state index in [4.69, 9.17) is 25.8 Å². The highest BCUT2D eigenvalue weighted by Gasteiger charge is 2.46. The number of carbonyl (C=O) groups excluding carboxylic acids is 2. The van der Waals surface area contributed by atoms with Crippen molar-refractivity contribution in [3.8, 4) is 11.5 Å². The molecule has 1 saturated heterocycles. The Morgan fingerprint density at radius 1 is 1.06 bits per heavy atom. The average molecular weight is 460 g/mol. The molecule has 0 aliphatic carbocycles. The van der Waals surface area contributed by atoms with Crippen molar-refractivity contribution < 1.29 is 28.9 Å². The maximum atomic E-state index is 13.1. The number of ketones is 1. The second kappa shape index (κ2) is 10.1. The summed E-state index contributed by atoms with van der Waals surface area (Å²) in [4.78, 5) is 27.4. The summed E-state index contributed by atoms with van der Waals surface area (Å²) in [6, 6.07) is 9.80. The number of benzene rings is 2. The smallest absolute Gasteiger partial charge is 0.295 e. The number of carbonyl (C=O) groups is 2. The molecule has 1 unspecified atom stereocenters. The maximum Gasteiger partial charge on any atom is 0.295 e. The standard InChI is InChI=1S/C24H26ClNO6/c1-5-14-6-8-15(9-7-14)21-20(23(28)24(29)26(21)10-11-30-2)22(27)16-12-17(25)19(32-4)13-18(16)31-3/h6-9,12-13,21,27H,5,10-11H2,1-4H3/b22-20+. The van der Waals surface area contributed by atoms with Gasteiger partial charge in [0.05, 0.1) is 43.0 Å². The monoisotopic (exact) mass is 459 g/mol. The van der Waals surface area contributed by atoms with Gasteiger partial charge in [0.2, 0.25) is 0 Å². The largest absolute Gasteiger partial charge is 0.507 e. The van der Waals surface area contributed by atoms with Crippen LogP contribution in [0.3, 0.4) is 0 Å². The molecule has 0 radical (unpaired) electrons. The van der Waals surface area contributed by atoms with E-state index in [-0.39, 0.29) is 40.8 Å². The van der Waals surface area contributed by atoms with Crippen LogP contribution in [0.2, 0.25) is 5.02 Å². The number of methoxy groups -OCH3 is 3. The Balaban J connectivity index is 2.22. The molecule has 1 N–H and O–H groups in total. The molecule has 0 bridgehead atoms. The molecule has 0 aromatic heterocycles. The van der Waals surface area contributed by atoms with E-state index in [9.17, 15) is 14.7 Å². The molecule has 1 aliphatic heterocycles. The van der Waals surface area contributed by atoms with E-state index in [1.165, 1.54) is 38.4 Å². The summed E-state index contributed by atoms with van der Waals surface area (Å²) in [6.07, 6.45) is 0.853. The lowest BCUT2D eigenvalue weighted by molar-refractivity contribution is -0.140. The zero-order valence-electron chi connectivity index (χ0n) is 18.5. The number of aliphatic hydroxyl groups excluding tert-OH is 1. The fraction of sp³-hybridized carbons (Fsp3) is 0.333. The SMILES string of the molecule is CCc1ccc(C2/C(=C(\O)c3cc(Cl)c(OC)cc3OC)C(=O)C(=O)N2CCOC)cc1. The van der Waals surface area contributed by atoms with Gasteiger partial charge in [-0.3, -0.25) is 9.59 Å². The Labute approximate surface area is 192 Å². The van der Waals surface area contributed by atoms with Crippen molar-refractivity contribution in [1.82, 2.24) is 4.90 Å². The van der Waals surface area contributed by atoms with Gasteiger partial charge in [0, 0.05) is 19.7 Å². The number of halogens is 1. The molecule has 7 nitrogen and oxygen atoms in total. The van der Waals surface area contributed by atoms with Crippen LogP contribution in [0.15, 0.2) is 42.0 Å². The minimum absolute atomic E-state index is 0.0325. The third-order valence-corrected chi connectivity index (χ3v) is 5.80. The third kappa shape index (κ3) is 4.31. The minimum atomic E-state index is -0.780. The summed E-state index contributed by atoms with van der Waals surface area (Å²) in [5.74, 6) is -1.24. The number of hydrogen-bond acceptors (Lipinski definition) is 6. The molecular weight excluding hydrogens is 434 g/mol. The lowest BCUT2D eigenvalue weighted by Gasteiger charge is -2.25. The van der Waals surface area contributed by atoms with Crippen molar-refractivity contribution in [2.45, 2.75) is 19.4 Å². The molecule has 2 aromatic rings. The van der Waals surface area contributed by atoms with Crippen LogP contribution in [0.5, 0.6) is 11.5 Å². The second-order valence-corrected chi connectivity index (χ2v) is 7.67. The van der Waals surface area contributed by atoms with Crippen LogP contribution in [0.1, 0.15) is 29.7 Å². The summed E-state index contributed by atoms with van der Waals surface area (Å²) in [6.45, 7) is 2.48.